The predicted octanol–water partition coefficient (Wildman–Crippen LogP) is 15.4. The summed E-state index contributed by atoms with van der Waals surface area (Å²) >= 11 is 0. The van der Waals surface area contributed by atoms with E-state index in [1.54, 1.807) is 72.8 Å². The van der Waals surface area contributed by atoms with Crippen molar-refractivity contribution in [2.24, 2.45) is 0 Å². The highest BCUT2D eigenvalue weighted by Gasteiger charge is 2.46. The summed E-state index contributed by atoms with van der Waals surface area (Å²) in [6.07, 6.45) is 14.0. The van der Waals surface area contributed by atoms with Crippen LogP contribution in [0.4, 0.5) is 11.4 Å². The van der Waals surface area contributed by atoms with Crippen molar-refractivity contribution in [3.63, 3.8) is 0 Å². The Bertz CT molecular complexity index is 3940. The summed E-state index contributed by atoms with van der Waals surface area (Å²) in [7, 11) is 0. The first kappa shape index (κ1) is 51.0. The van der Waals surface area contributed by atoms with Gasteiger partial charge in [-0.1, -0.05) is 121 Å². The van der Waals surface area contributed by atoms with Gasteiger partial charge in [-0.3, -0.25) is 19.2 Å². The molecule has 10 heteroatoms. The molecule has 0 radical (unpaired) electrons. The standard InChI is InChI=1S/C70H54N2O8/c1-37-41(5)63(42(6)38(2)57(37)45-21-15-16-22-45)71-65(73)59-53(33-35-55(61(59)67(71)75)69(77)79-47-25-11-9-12-26-47)51-31-32-52(50-30-20-19-29-49(50)51)54-34-36-56(70(78)80-48-27-13-10-14-28-48)62-60(54)66(74)72(68(62)76)64-43(7)39(3)58(40(4)44(64)8)46-23-17-18-24-46/h9-21,23,25-36H,22,24H2,1-8H3. The van der Waals surface area contributed by atoms with E-state index in [0.717, 1.165) is 79.6 Å². The van der Waals surface area contributed by atoms with Crippen LogP contribution < -0.4 is 19.3 Å². The van der Waals surface area contributed by atoms with Crippen molar-refractivity contribution in [2.45, 2.75) is 68.2 Å². The fourth-order valence-corrected chi connectivity index (χ4v) is 12.5. The van der Waals surface area contributed by atoms with Crippen LogP contribution in [-0.2, 0) is 0 Å². The van der Waals surface area contributed by atoms with E-state index in [4.69, 9.17) is 9.47 Å². The van der Waals surface area contributed by atoms with E-state index in [2.05, 4.69) is 24.3 Å². The van der Waals surface area contributed by atoms with Crippen LogP contribution >= 0.6 is 0 Å². The van der Waals surface area contributed by atoms with Gasteiger partial charge in [0.05, 0.1) is 44.8 Å². The van der Waals surface area contributed by atoms with Gasteiger partial charge in [-0.05, 0) is 204 Å². The van der Waals surface area contributed by atoms with Crippen LogP contribution in [0.1, 0.15) is 131 Å². The molecule has 0 atom stereocenters. The zero-order valence-electron chi connectivity index (χ0n) is 45.6. The Kier molecular flexibility index (Phi) is 12.5. The Morgan fingerprint density at radius 2 is 0.688 bits per heavy atom. The van der Waals surface area contributed by atoms with E-state index < -0.39 is 35.6 Å². The number of rotatable bonds is 10. The summed E-state index contributed by atoms with van der Waals surface area (Å²) in [5.41, 5.74) is 13.9. The number of imide groups is 2. The Morgan fingerprint density at radius 1 is 0.362 bits per heavy atom. The maximum atomic E-state index is 15.6. The van der Waals surface area contributed by atoms with Gasteiger partial charge in [-0.2, -0.15) is 0 Å². The first-order chi connectivity index (χ1) is 38.6. The molecule has 12 rings (SSSR count). The minimum Gasteiger partial charge on any atom is -0.423 e. The second-order valence-corrected chi connectivity index (χ2v) is 20.9. The van der Waals surface area contributed by atoms with Crippen molar-refractivity contribution < 1.29 is 38.2 Å². The zero-order chi connectivity index (χ0) is 56.0. The van der Waals surface area contributed by atoms with E-state index in [-0.39, 0.29) is 44.9 Å². The minimum absolute atomic E-state index is 0.0396. The molecule has 4 aliphatic rings. The van der Waals surface area contributed by atoms with Crippen LogP contribution in [0.5, 0.6) is 11.5 Å². The van der Waals surface area contributed by atoms with Gasteiger partial charge in [-0.25, -0.2) is 19.4 Å². The van der Waals surface area contributed by atoms with E-state index >= 15 is 19.2 Å². The molecule has 392 valence electrons. The second kappa shape index (κ2) is 19.6. The molecule has 80 heavy (non-hydrogen) atoms. The maximum Gasteiger partial charge on any atom is 0.344 e. The minimum atomic E-state index is -0.799. The molecule has 0 N–H and O–H groups in total. The SMILES string of the molecule is Cc1c(C)c(N2C(=O)c3c(C(=O)Oc4ccccc4)ccc(-c4ccc(-c5ccc(C(=O)Oc6ccccc6)c6c5C(=O)N(c5c(C)c(C)c(C7=CC=CC7)c(C)c5C)C6=O)c5ccccc45)c3C2=O)c(C)c(C)c1C1=CC=CC1. The molecular formula is C70H54N2O8. The summed E-state index contributed by atoms with van der Waals surface area (Å²) in [5.74, 6) is -3.55. The third-order valence-electron chi connectivity index (χ3n) is 16.7. The number of esters is 2. The lowest BCUT2D eigenvalue weighted by Gasteiger charge is -2.26. The molecule has 2 aliphatic heterocycles. The molecule has 0 aromatic heterocycles. The third-order valence-corrected chi connectivity index (χ3v) is 16.7. The molecule has 10 nitrogen and oxygen atoms in total. The summed E-state index contributed by atoms with van der Waals surface area (Å²) in [4.78, 5) is 92.9. The predicted molar refractivity (Wildman–Crippen MR) is 314 cm³/mol. The van der Waals surface area contributed by atoms with Crippen molar-refractivity contribution in [2.75, 3.05) is 9.80 Å². The quantitative estimate of drug-likeness (QED) is 0.0753. The average molecular weight is 1050 g/mol. The molecule has 2 heterocycles. The Morgan fingerprint density at radius 3 is 1.02 bits per heavy atom. The van der Waals surface area contributed by atoms with Gasteiger partial charge < -0.3 is 9.47 Å². The van der Waals surface area contributed by atoms with Gasteiger partial charge in [0.1, 0.15) is 11.5 Å². The van der Waals surface area contributed by atoms with Crippen LogP contribution in [0.15, 0.2) is 158 Å². The first-order valence-electron chi connectivity index (χ1n) is 26.7. The molecule has 0 spiro atoms. The zero-order valence-corrected chi connectivity index (χ0v) is 45.6. The molecule has 2 aliphatic carbocycles. The molecule has 0 saturated heterocycles. The van der Waals surface area contributed by atoms with E-state index in [0.29, 0.717) is 44.4 Å². The lowest BCUT2D eigenvalue weighted by atomic mass is 9.86. The molecule has 0 saturated carbocycles. The Balaban J connectivity index is 1.03. The number of nitrogens with zero attached hydrogens (tertiary/aromatic N) is 2. The van der Waals surface area contributed by atoms with Crippen LogP contribution in [0.2, 0.25) is 0 Å². The number of ether oxygens (including phenoxy) is 2. The van der Waals surface area contributed by atoms with Crippen molar-refractivity contribution in [3.05, 3.63) is 247 Å². The van der Waals surface area contributed by atoms with Gasteiger partial charge >= 0.3 is 11.9 Å². The Hall–Kier alpha value is -9.80. The van der Waals surface area contributed by atoms with Crippen LogP contribution in [0, 0.1) is 55.4 Å². The van der Waals surface area contributed by atoms with Crippen molar-refractivity contribution >= 4 is 68.9 Å². The number of amides is 4. The van der Waals surface area contributed by atoms with E-state index in [1.807, 2.05) is 104 Å². The molecular weight excluding hydrogens is 997 g/mol. The molecule has 8 aromatic carbocycles. The number of allylic oxidation sites excluding steroid dienone is 8. The van der Waals surface area contributed by atoms with Gasteiger partial charge in [0, 0.05) is 0 Å². The third kappa shape index (κ3) is 7.84. The van der Waals surface area contributed by atoms with Gasteiger partial charge in [-0.15, -0.1) is 0 Å². The second-order valence-electron chi connectivity index (χ2n) is 20.9. The van der Waals surface area contributed by atoms with Crippen LogP contribution in [0.25, 0.3) is 44.2 Å². The number of anilines is 2. The molecule has 0 bridgehead atoms. The number of carbonyl (C=O) groups excluding carboxylic acids is 6. The highest BCUT2D eigenvalue weighted by molar-refractivity contribution is 6.40. The van der Waals surface area contributed by atoms with Gasteiger partial charge in [0.15, 0.2) is 0 Å². The monoisotopic (exact) mass is 1050 g/mol. The van der Waals surface area contributed by atoms with Crippen molar-refractivity contribution in [1.29, 1.82) is 0 Å². The maximum absolute atomic E-state index is 15.6. The van der Waals surface area contributed by atoms with E-state index in [1.165, 1.54) is 21.9 Å². The summed E-state index contributed by atoms with van der Waals surface area (Å²) in [6, 6.07) is 34.7. The number of hydrogen-bond donors (Lipinski definition) is 0. The lowest BCUT2D eigenvalue weighted by Crippen LogP contribution is -2.32. The largest absolute Gasteiger partial charge is 0.423 e. The molecule has 0 fully saturated rings. The number of para-hydroxylation sites is 2. The molecule has 4 amide bonds. The normalized spacial score (nSPS) is 14.3. The van der Waals surface area contributed by atoms with Crippen molar-refractivity contribution in [3.8, 4) is 33.8 Å². The Labute approximate surface area is 463 Å². The lowest BCUT2D eigenvalue weighted by molar-refractivity contribution is 0.0722. The van der Waals surface area contributed by atoms with Crippen LogP contribution in [0.3, 0.4) is 0 Å². The summed E-state index contributed by atoms with van der Waals surface area (Å²) in [6.45, 7) is 15.7. The number of hydrogen-bond acceptors (Lipinski definition) is 8. The van der Waals surface area contributed by atoms with Crippen LogP contribution in [-0.4, -0.2) is 35.6 Å². The van der Waals surface area contributed by atoms with Gasteiger partial charge in [0.25, 0.3) is 23.6 Å². The average Bonchev–Trinajstić information content (AvgIpc) is 4.41. The van der Waals surface area contributed by atoms with E-state index in [9.17, 15) is 9.59 Å². The first-order valence-corrected chi connectivity index (χ1v) is 26.7. The smallest absolute Gasteiger partial charge is 0.344 e. The summed E-state index contributed by atoms with van der Waals surface area (Å²) in [5, 5.41) is 1.29. The fourth-order valence-electron chi connectivity index (χ4n) is 12.5. The highest BCUT2D eigenvalue weighted by Crippen LogP contribution is 2.48. The van der Waals surface area contributed by atoms with Gasteiger partial charge in [0.2, 0.25) is 0 Å². The van der Waals surface area contributed by atoms with Crippen molar-refractivity contribution in [1.82, 2.24) is 0 Å². The fraction of sp³-hybridized carbons (Fsp3) is 0.143. The number of carbonyl (C=O) groups is 6. The topological polar surface area (TPSA) is 127 Å². The molecule has 0 unspecified atom stereocenters. The number of fused-ring (bicyclic) bond motifs is 3. The number of benzene rings is 8. The molecule has 8 aromatic rings. The highest BCUT2D eigenvalue weighted by atomic mass is 16.5. The summed E-state index contributed by atoms with van der Waals surface area (Å²) < 4.78 is 11.7.